The van der Waals surface area contributed by atoms with Gasteiger partial charge < -0.3 is 10.2 Å². The third-order valence-electron chi connectivity index (χ3n) is 6.56. The van der Waals surface area contributed by atoms with Crippen LogP contribution in [0.1, 0.15) is 52.4 Å². The maximum Gasteiger partial charge on any atom is 0.418 e. The maximum absolute atomic E-state index is 13.2. The van der Waals surface area contributed by atoms with E-state index in [0.29, 0.717) is 25.2 Å². The molecule has 1 fully saturated rings. The largest absolute Gasteiger partial charge is 0.418 e. The van der Waals surface area contributed by atoms with Crippen LogP contribution in [-0.2, 0) is 17.4 Å². The van der Waals surface area contributed by atoms with Gasteiger partial charge in [0.2, 0.25) is 5.91 Å². The van der Waals surface area contributed by atoms with E-state index in [1.807, 2.05) is 12.1 Å². The summed E-state index contributed by atoms with van der Waals surface area (Å²) in [5.41, 5.74) is 0.329. The average Bonchev–Trinajstić information content (AvgIpc) is 2.92. The molecular weight excluding hydrogens is 501 g/mol. The van der Waals surface area contributed by atoms with E-state index in [2.05, 4.69) is 10.3 Å². The Hall–Kier alpha value is -4.28. The molecule has 2 heterocycles. The number of non-ortho nitro benzene ring substituents is 1. The zero-order chi connectivity index (χ0) is 27.3. The Labute approximate surface area is 216 Å². The van der Waals surface area contributed by atoms with Gasteiger partial charge in [-0.2, -0.15) is 13.2 Å². The lowest BCUT2D eigenvalue weighted by atomic mass is 9.89. The Kier molecular flexibility index (Phi) is 8.04. The number of nitro groups is 1. The van der Waals surface area contributed by atoms with Gasteiger partial charge in [-0.1, -0.05) is 24.3 Å². The van der Waals surface area contributed by atoms with Crippen LogP contribution < -0.4 is 5.32 Å². The fourth-order valence-corrected chi connectivity index (χ4v) is 4.54. The number of anilines is 1. The standard InChI is InChI=1S/C27H25F3N4O4/c28-27(29,30)23-5-2-14-31-25(23)26(36)32-21-9-7-19(8-10-21)20-12-15-33(16-13-20)24(35)11-6-18-3-1-4-22(17-18)34(37)38/h1-5,7-10,14,17,20H,6,11-13,15-16H2,(H,32,36). The molecule has 1 saturated heterocycles. The van der Waals surface area contributed by atoms with Crippen LogP contribution >= 0.6 is 0 Å². The molecule has 8 nitrogen and oxygen atoms in total. The van der Waals surface area contributed by atoms with Crippen molar-refractivity contribution in [3.63, 3.8) is 0 Å². The number of nitrogens with one attached hydrogen (secondary N) is 1. The van der Waals surface area contributed by atoms with Crippen LogP contribution in [0.5, 0.6) is 0 Å². The monoisotopic (exact) mass is 526 g/mol. The van der Waals surface area contributed by atoms with Gasteiger partial charge in [0, 0.05) is 43.5 Å². The molecule has 2 amide bonds. The van der Waals surface area contributed by atoms with E-state index >= 15 is 0 Å². The minimum Gasteiger partial charge on any atom is -0.343 e. The smallest absolute Gasteiger partial charge is 0.343 e. The predicted octanol–water partition coefficient (Wildman–Crippen LogP) is 5.60. The summed E-state index contributed by atoms with van der Waals surface area (Å²) in [5, 5.41) is 13.4. The second-order valence-electron chi connectivity index (χ2n) is 9.06. The summed E-state index contributed by atoms with van der Waals surface area (Å²) < 4.78 is 39.5. The summed E-state index contributed by atoms with van der Waals surface area (Å²) >= 11 is 0. The maximum atomic E-state index is 13.2. The molecule has 2 aromatic carbocycles. The number of nitrogens with zero attached hydrogens (tertiary/aromatic N) is 3. The van der Waals surface area contributed by atoms with E-state index in [1.165, 1.54) is 12.1 Å². The van der Waals surface area contributed by atoms with Gasteiger partial charge in [0.25, 0.3) is 11.6 Å². The molecule has 0 radical (unpaired) electrons. The van der Waals surface area contributed by atoms with Crippen molar-refractivity contribution in [2.24, 2.45) is 0 Å². The quantitative estimate of drug-likeness (QED) is 0.319. The summed E-state index contributed by atoms with van der Waals surface area (Å²) in [6.07, 6.45) is -1.36. The zero-order valence-electron chi connectivity index (χ0n) is 20.3. The molecule has 0 unspecified atom stereocenters. The van der Waals surface area contributed by atoms with E-state index in [9.17, 15) is 32.9 Å². The lowest BCUT2D eigenvalue weighted by Crippen LogP contribution is -2.38. The highest BCUT2D eigenvalue weighted by Gasteiger charge is 2.36. The topological polar surface area (TPSA) is 105 Å². The first-order chi connectivity index (χ1) is 18.1. The molecule has 0 bridgehead atoms. The zero-order valence-corrected chi connectivity index (χ0v) is 20.3. The molecule has 1 aliphatic rings. The number of carbonyl (C=O) groups excluding carboxylic acids is 2. The third-order valence-corrected chi connectivity index (χ3v) is 6.56. The van der Waals surface area contributed by atoms with Crippen LogP contribution in [0.2, 0.25) is 0 Å². The van der Waals surface area contributed by atoms with Crippen molar-refractivity contribution in [3.05, 3.63) is 99.4 Å². The Bertz CT molecular complexity index is 1320. The number of piperidine rings is 1. The predicted molar refractivity (Wildman–Crippen MR) is 134 cm³/mol. The lowest BCUT2D eigenvalue weighted by Gasteiger charge is -2.32. The average molecular weight is 527 g/mol. The minimum atomic E-state index is -4.69. The highest BCUT2D eigenvalue weighted by atomic mass is 19.4. The number of benzene rings is 2. The summed E-state index contributed by atoms with van der Waals surface area (Å²) in [4.78, 5) is 41.0. The molecule has 0 atom stereocenters. The van der Waals surface area contributed by atoms with Crippen molar-refractivity contribution in [1.29, 1.82) is 0 Å². The van der Waals surface area contributed by atoms with E-state index in [1.54, 1.807) is 29.2 Å². The summed E-state index contributed by atoms with van der Waals surface area (Å²) in [5.74, 6) is -0.739. The number of alkyl halides is 3. The number of hydrogen-bond donors (Lipinski definition) is 1. The van der Waals surface area contributed by atoms with Crippen LogP contribution in [0.3, 0.4) is 0 Å². The van der Waals surface area contributed by atoms with Crippen molar-refractivity contribution in [1.82, 2.24) is 9.88 Å². The fourth-order valence-electron chi connectivity index (χ4n) is 4.54. The third kappa shape index (κ3) is 6.53. The molecule has 3 aromatic rings. The van der Waals surface area contributed by atoms with Crippen molar-refractivity contribution < 1.29 is 27.7 Å². The molecule has 1 aliphatic heterocycles. The lowest BCUT2D eigenvalue weighted by molar-refractivity contribution is -0.384. The Morgan fingerprint density at radius 2 is 1.76 bits per heavy atom. The Morgan fingerprint density at radius 1 is 1.05 bits per heavy atom. The number of carbonyl (C=O) groups is 2. The van der Waals surface area contributed by atoms with Crippen molar-refractivity contribution in [3.8, 4) is 0 Å². The molecule has 198 valence electrons. The van der Waals surface area contributed by atoms with Gasteiger partial charge in [0.05, 0.1) is 10.5 Å². The molecule has 0 aliphatic carbocycles. The van der Waals surface area contributed by atoms with Crippen LogP contribution in [-0.4, -0.2) is 39.7 Å². The Morgan fingerprint density at radius 3 is 2.42 bits per heavy atom. The van der Waals surface area contributed by atoms with E-state index in [-0.39, 0.29) is 23.9 Å². The van der Waals surface area contributed by atoms with E-state index < -0.39 is 28.3 Å². The number of aryl methyl sites for hydroxylation is 1. The normalized spacial score (nSPS) is 14.2. The Balaban J connectivity index is 1.29. The number of hydrogen-bond acceptors (Lipinski definition) is 5. The number of likely N-dealkylation sites (tertiary alicyclic amines) is 1. The van der Waals surface area contributed by atoms with Crippen molar-refractivity contribution >= 4 is 23.2 Å². The summed E-state index contributed by atoms with van der Waals surface area (Å²) in [7, 11) is 0. The number of nitro benzene ring substituents is 1. The summed E-state index contributed by atoms with van der Waals surface area (Å²) in [6, 6.07) is 15.1. The number of amides is 2. The second kappa shape index (κ2) is 11.4. The van der Waals surface area contributed by atoms with Gasteiger partial charge in [0.1, 0.15) is 5.69 Å². The number of rotatable bonds is 7. The fraction of sp³-hybridized carbons (Fsp3) is 0.296. The highest BCUT2D eigenvalue weighted by Crippen LogP contribution is 2.32. The minimum absolute atomic E-state index is 0.000707. The van der Waals surface area contributed by atoms with E-state index in [4.69, 9.17) is 0 Å². The molecule has 0 saturated carbocycles. The molecule has 4 rings (SSSR count). The number of halogens is 3. The number of aromatic nitrogens is 1. The molecule has 1 N–H and O–H groups in total. The first-order valence-corrected chi connectivity index (χ1v) is 12.1. The number of pyridine rings is 1. The van der Waals surface area contributed by atoms with Gasteiger partial charge in [-0.05, 0) is 60.6 Å². The van der Waals surface area contributed by atoms with E-state index in [0.717, 1.165) is 42.3 Å². The molecular formula is C27H25F3N4O4. The van der Waals surface area contributed by atoms with Gasteiger partial charge in [-0.3, -0.25) is 24.7 Å². The molecule has 38 heavy (non-hydrogen) atoms. The molecule has 11 heteroatoms. The van der Waals surface area contributed by atoms with Gasteiger partial charge in [-0.15, -0.1) is 0 Å². The van der Waals surface area contributed by atoms with Gasteiger partial charge in [-0.25, -0.2) is 0 Å². The van der Waals surface area contributed by atoms with Gasteiger partial charge in [0.15, 0.2) is 0 Å². The van der Waals surface area contributed by atoms with Crippen LogP contribution in [0.25, 0.3) is 0 Å². The van der Waals surface area contributed by atoms with Crippen molar-refractivity contribution in [2.75, 3.05) is 18.4 Å². The first-order valence-electron chi connectivity index (χ1n) is 12.1. The van der Waals surface area contributed by atoms with Gasteiger partial charge >= 0.3 is 6.18 Å². The highest BCUT2D eigenvalue weighted by molar-refractivity contribution is 6.04. The van der Waals surface area contributed by atoms with Crippen LogP contribution in [0.4, 0.5) is 24.5 Å². The molecule has 1 aromatic heterocycles. The van der Waals surface area contributed by atoms with Crippen molar-refractivity contribution in [2.45, 2.75) is 37.8 Å². The molecule has 0 spiro atoms. The SMILES string of the molecule is O=C(Nc1ccc(C2CCN(C(=O)CCc3cccc([N+](=O)[O-])c3)CC2)cc1)c1ncccc1C(F)(F)F. The van der Waals surface area contributed by atoms with Crippen LogP contribution in [0, 0.1) is 10.1 Å². The second-order valence-corrected chi connectivity index (χ2v) is 9.06. The summed E-state index contributed by atoms with van der Waals surface area (Å²) in [6.45, 7) is 1.16. The van der Waals surface area contributed by atoms with Crippen LogP contribution in [0.15, 0.2) is 66.9 Å². The first kappa shape index (κ1) is 26.8.